The second-order valence-electron chi connectivity index (χ2n) is 5.81. The molecule has 2 amide bonds. The minimum Gasteiger partial charge on any atom is -0.543 e. The van der Waals surface area contributed by atoms with E-state index in [-0.39, 0.29) is 47.2 Å². The van der Waals surface area contributed by atoms with Crippen molar-refractivity contribution in [3.05, 3.63) is 41.1 Å². The van der Waals surface area contributed by atoms with Gasteiger partial charge in [-0.1, -0.05) is 12.1 Å². The van der Waals surface area contributed by atoms with Gasteiger partial charge in [-0.05, 0) is 36.6 Å². The van der Waals surface area contributed by atoms with Crippen LogP contribution in [0.5, 0.6) is 0 Å². The van der Waals surface area contributed by atoms with Crippen LogP contribution in [0.25, 0.3) is 5.57 Å². The number of fused-ring (bicyclic) bond motifs is 1. The van der Waals surface area contributed by atoms with Gasteiger partial charge in [0.15, 0.2) is 0 Å². The molecule has 8 heteroatoms. The maximum atomic E-state index is 12.1. The maximum absolute atomic E-state index is 12.1. The number of hydrogen-bond acceptors (Lipinski definition) is 5. The van der Waals surface area contributed by atoms with Crippen molar-refractivity contribution in [1.82, 2.24) is 4.90 Å². The third-order valence-electron chi connectivity index (χ3n) is 4.42. The number of carbonyl (C=O) groups excluding carboxylic acids is 3. The molecule has 0 saturated carbocycles. The van der Waals surface area contributed by atoms with Crippen LogP contribution in [0.3, 0.4) is 0 Å². The summed E-state index contributed by atoms with van der Waals surface area (Å²) in [5, 5.41) is 21.2. The zero-order valence-electron chi connectivity index (χ0n) is 13.4. The summed E-state index contributed by atoms with van der Waals surface area (Å²) >= 11 is 0. The molecule has 0 aliphatic carbocycles. The Balaban J connectivity index is 0.00000208. The Morgan fingerprint density at radius 2 is 2.08 bits per heavy atom. The van der Waals surface area contributed by atoms with Crippen molar-refractivity contribution in [2.24, 2.45) is 11.7 Å². The molecule has 1 aromatic carbocycles. The van der Waals surface area contributed by atoms with Gasteiger partial charge in [-0.25, -0.2) is 0 Å². The summed E-state index contributed by atoms with van der Waals surface area (Å²) in [4.78, 5) is 36.1. The van der Waals surface area contributed by atoms with Crippen LogP contribution in [-0.4, -0.2) is 39.9 Å². The topological polar surface area (TPSA) is 124 Å². The molecule has 1 saturated heterocycles. The van der Waals surface area contributed by atoms with Crippen LogP contribution >= 0.6 is 0 Å². The van der Waals surface area contributed by atoms with E-state index in [1.807, 2.05) is 0 Å². The predicted octanol–water partition coefficient (Wildman–Crippen LogP) is -4.14. The van der Waals surface area contributed by atoms with E-state index in [0.717, 1.165) is 0 Å². The fraction of sp³-hybridized carbons (Fsp3) is 0.312. The van der Waals surface area contributed by atoms with Crippen LogP contribution in [-0.2, 0) is 9.59 Å². The largest absolute Gasteiger partial charge is 1.00 e. The number of aliphatic hydroxyl groups is 1. The smallest absolute Gasteiger partial charge is 0.543 e. The zero-order valence-corrected chi connectivity index (χ0v) is 15.4. The van der Waals surface area contributed by atoms with Gasteiger partial charge in [0.25, 0.3) is 0 Å². The van der Waals surface area contributed by atoms with Gasteiger partial charge in [-0.15, -0.1) is 0 Å². The number of aliphatic carboxylic acids is 1. The fourth-order valence-electron chi connectivity index (χ4n) is 3.38. The van der Waals surface area contributed by atoms with Crippen LogP contribution in [0, 0.1) is 5.92 Å². The van der Waals surface area contributed by atoms with Crippen molar-refractivity contribution in [2.45, 2.75) is 25.5 Å². The second-order valence-corrected chi connectivity index (χ2v) is 5.81. The number of nitrogens with zero attached hydrogens (tertiary/aromatic N) is 1. The molecule has 120 valence electrons. The van der Waals surface area contributed by atoms with Crippen LogP contribution < -0.4 is 40.4 Å². The average molecular weight is 338 g/mol. The van der Waals surface area contributed by atoms with E-state index in [1.165, 1.54) is 24.0 Å². The molecule has 1 fully saturated rings. The first-order chi connectivity index (χ1) is 10.8. The fourth-order valence-corrected chi connectivity index (χ4v) is 3.38. The first kappa shape index (κ1) is 18.7. The normalized spacial score (nSPS) is 23.2. The maximum Gasteiger partial charge on any atom is 1.00 e. The number of carboxylic acids is 1. The Kier molecular flexibility index (Phi) is 5.19. The standard InChI is InChI=1S/C16H16N2O5.Na/c1-7(19)12-11-6-10(13(16(22)23)18(11)15(12)21)8-3-2-4-9(5-8)14(17)20;/h2-5,7,11-12,19H,6H2,1H3,(H2,17,20)(H,22,23);/q;+1/p-1. The van der Waals surface area contributed by atoms with E-state index >= 15 is 0 Å². The molecule has 0 spiro atoms. The second kappa shape index (κ2) is 6.68. The molecule has 3 rings (SSSR count). The average Bonchev–Trinajstić information content (AvgIpc) is 2.82. The third-order valence-corrected chi connectivity index (χ3v) is 4.42. The minimum atomic E-state index is -1.45. The molecule has 2 aliphatic rings. The van der Waals surface area contributed by atoms with Crippen molar-refractivity contribution in [2.75, 3.05) is 0 Å². The minimum absolute atomic E-state index is 0. The molecule has 0 bridgehead atoms. The third kappa shape index (κ3) is 2.77. The molecule has 2 aliphatic heterocycles. The molecule has 24 heavy (non-hydrogen) atoms. The Labute approximate surface area is 160 Å². The molecule has 0 aromatic heterocycles. The zero-order chi connectivity index (χ0) is 16.9. The van der Waals surface area contributed by atoms with Crippen molar-refractivity contribution in [3.63, 3.8) is 0 Å². The molecule has 0 radical (unpaired) electrons. The predicted molar refractivity (Wildman–Crippen MR) is 77.3 cm³/mol. The number of amides is 2. The van der Waals surface area contributed by atoms with Crippen LogP contribution in [0.2, 0.25) is 0 Å². The van der Waals surface area contributed by atoms with Gasteiger partial charge in [0.2, 0.25) is 11.8 Å². The summed E-state index contributed by atoms with van der Waals surface area (Å²) in [6.07, 6.45) is -0.574. The Hall–Kier alpha value is -1.67. The van der Waals surface area contributed by atoms with Crippen LogP contribution in [0.4, 0.5) is 0 Å². The number of benzene rings is 1. The number of hydrogen-bond donors (Lipinski definition) is 2. The van der Waals surface area contributed by atoms with Gasteiger partial charge in [0.05, 0.1) is 29.7 Å². The molecule has 1 aromatic rings. The van der Waals surface area contributed by atoms with Gasteiger partial charge >= 0.3 is 29.6 Å². The SMILES string of the molecule is CC(O)C1C(=O)N2C(C(=O)[O-])=C(c3cccc(C(N)=O)c3)CC12.[Na+]. The summed E-state index contributed by atoms with van der Waals surface area (Å²) in [5.74, 6) is -3.13. The van der Waals surface area contributed by atoms with Crippen molar-refractivity contribution >= 4 is 23.4 Å². The first-order valence-electron chi connectivity index (χ1n) is 7.18. The summed E-state index contributed by atoms with van der Waals surface area (Å²) in [6, 6.07) is 5.87. The van der Waals surface area contributed by atoms with E-state index in [4.69, 9.17) is 5.73 Å². The van der Waals surface area contributed by atoms with Gasteiger partial charge in [0, 0.05) is 5.56 Å². The van der Waals surface area contributed by atoms with Gasteiger partial charge in [0.1, 0.15) is 0 Å². The number of rotatable bonds is 4. The number of β-lactam (4-membered cyclic amide) rings is 1. The van der Waals surface area contributed by atoms with E-state index in [2.05, 4.69) is 0 Å². The summed E-state index contributed by atoms with van der Waals surface area (Å²) in [5.41, 5.74) is 6.22. The molecular weight excluding hydrogens is 323 g/mol. The molecular formula is C16H15N2NaO5. The van der Waals surface area contributed by atoms with Crippen molar-refractivity contribution < 1.29 is 54.2 Å². The van der Waals surface area contributed by atoms with E-state index in [0.29, 0.717) is 11.1 Å². The number of nitrogens with two attached hydrogens (primary N) is 1. The Morgan fingerprint density at radius 1 is 1.42 bits per heavy atom. The van der Waals surface area contributed by atoms with E-state index in [9.17, 15) is 24.6 Å². The van der Waals surface area contributed by atoms with E-state index < -0.39 is 35.8 Å². The number of carboxylic acid groups (broad SMARTS) is 1. The first-order valence-corrected chi connectivity index (χ1v) is 7.18. The van der Waals surface area contributed by atoms with Crippen LogP contribution in [0.15, 0.2) is 30.0 Å². The van der Waals surface area contributed by atoms with Gasteiger partial charge in [-0.2, -0.15) is 0 Å². The molecule has 3 atom stereocenters. The number of aliphatic hydroxyl groups excluding tert-OH is 1. The summed E-state index contributed by atoms with van der Waals surface area (Å²) < 4.78 is 0. The van der Waals surface area contributed by atoms with Gasteiger partial charge < -0.3 is 25.6 Å². The monoisotopic (exact) mass is 338 g/mol. The Bertz CT molecular complexity index is 759. The molecule has 3 N–H and O–H groups in total. The number of carbonyl (C=O) groups is 3. The van der Waals surface area contributed by atoms with Crippen molar-refractivity contribution in [1.29, 1.82) is 0 Å². The number of primary amides is 1. The van der Waals surface area contributed by atoms with Gasteiger partial charge in [-0.3, -0.25) is 9.59 Å². The molecule has 3 unspecified atom stereocenters. The molecule has 2 heterocycles. The van der Waals surface area contributed by atoms with Crippen molar-refractivity contribution in [3.8, 4) is 0 Å². The van der Waals surface area contributed by atoms with E-state index in [1.54, 1.807) is 12.1 Å². The summed E-state index contributed by atoms with van der Waals surface area (Å²) in [7, 11) is 0. The molecule has 7 nitrogen and oxygen atoms in total. The summed E-state index contributed by atoms with van der Waals surface area (Å²) in [6.45, 7) is 1.50. The Morgan fingerprint density at radius 3 is 2.62 bits per heavy atom. The quantitative estimate of drug-likeness (QED) is 0.426. The van der Waals surface area contributed by atoms with Crippen LogP contribution in [0.1, 0.15) is 29.3 Å².